The number of benzene rings is 1. The summed E-state index contributed by atoms with van der Waals surface area (Å²) in [4.78, 5) is -0.391. The molecule has 0 aliphatic heterocycles. The fourth-order valence-electron chi connectivity index (χ4n) is 2.23. The Morgan fingerprint density at radius 2 is 2.10 bits per heavy atom. The Kier molecular flexibility index (Phi) is 4.84. The van der Waals surface area contributed by atoms with E-state index in [0.29, 0.717) is 16.9 Å². The van der Waals surface area contributed by atoms with Crippen LogP contribution in [0.5, 0.6) is 0 Å². The molecule has 7 heteroatoms. The van der Waals surface area contributed by atoms with Crippen LogP contribution in [0, 0.1) is 11.7 Å². The summed E-state index contributed by atoms with van der Waals surface area (Å²) >= 11 is 3.14. The van der Waals surface area contributed by atoms with Crippen molar-refractivity contribution >= 4 is 26.0 Å². The molecular formula is C13H17BrFNO3S. The summed E-state index contributed by atoms with van der Waals surface area (Å²) < 4.78 is 40.6. The number of aliphatic hydroxyl groups excluding tert-OH is 1. The third kappa shape index (κ3) is 3.05. The van der Waals surface area contributed by atoms with Gasteiger partial charge in [-0.2, -0.15) is 0 Å². The lowest BCUT2D eigenvalue weighted by Crippen LogP contribution is -2.34. The van der Waals surface area contributed by atoms with Crippen LogP contribution in [0.3, 0.4) is 0 Å². The van der Waals surface area contributed by atoms with Crippen LogP contribution < -0.4 is 0 Å². The molecule has 0 saturated heterocycles. The van der Waals surface area contributed by atoms with Crippen LogP contribution in [0.1, 0.15) is 24.8 Å². The summed E-state index contributed by atoms with van der Waals surface area (Å²) in [5, 5.41) is 9.10. The fourth-order valence-corrected chi connectivity index (χ4v) is 4.26. The molecule has 0 amide bonds. The van der Waals surface area contributed by atoms with E-state index in [1.807, 2.05) is 0 Å². The number of rotatable bonds is 5. The predicted molar refractivity (Wildman–Crippen MR) is 77.2 cm³/mol. The second-order valence-electron chi connectivity index (χ2n) is 5.12. The van der Waals surface area contributed by atoms with E-state index in [2.05, 4.69) is 15.9 Å². The average molecular weight is 366 g/mol. The Labute approximate surface area is 126 Å². The van der Waals surface area contributed by atoms with Gasteiger partial charge in [-0.3, -0.25) is 0 Å². The van der Waals surface area contributed by atoms with Crippen molar-refractivity contribution in [3.63, 3.8) is 0 Å². The smallest absolute Gasteiger partial charge is 0.245 e. The van der Waals surface area contributed by atoms with E-state index in [0.717, 1.165) is 19.3 Å². The minimum atomic E-state index is -3.88. The van der Waals surface area contributed by atoms with Crippen molar-refractivity contribution in [3.05, 3.63) is 28.0 Å². The Hall–Kier alpha value is -0.500. The molecule has 4 nitrogen and oxygen atoms in total. The molecule has 1 aromatic rings. The van der Waals surface area contributed by atoms with Gasteiger partial charge in [0.05, 0.1) is 6.61 Å². The van der Waals surface area contributed by atoms with E-state index in [4.69, 9.17) is 5.11 Å². The molecule has 0 unspecified atom stereocenters. The van der Waals surface area contributed by atoms with Crippen LogP contribution in [0.4, 0.5) is 4.39 Å². The van der Waals surface area contributed by atoms with Gasteiger partial charge in [-0.25, -0.2) is 17.1 Å². The standard InChI is InChI=1S/C13H17BrFNO3S/c1-16(7-9-3-2-4-9)20(18,19)12-6-11(14)5-10(8-17)13(12)15/h5-6,9,17H,2-4,7-8H2,1H3. The first kappa shape index (κ1) is 15.9. The molecule has 0 bridgehead atoms. The van der Waals surface area contributed by atoms with Crippen LogP contribution in [0.15, 0.2) is 21.5 Å². The number of sulfonamides is 1. The summed E-state index contributed by atoms with van der Waals surface area (Å²) in [5.41, 5.74) is -0.0324. The van der Waals surface area contributed by atoms with Crippen LogP contribution in [0.25, 0.3) is 0 Å². The summed E-state index contributed by atoms with van der Waals surface area (Å²) in [6.45, 7) is -0.136. The van der Waals surface area contributed by atoms with Crippen molar-refractivity contribution in [1.29, 1.82) is 0 Å². The lowest BCUT2D eigenvalue weighted by atomic mass is 9.86. The minimum Gasteiger partial charge on any atom is -0.392 e. The van der Waals surface area contributed by atoms with Gasteiger partial charge >= 0.3 is 0 Å². The number of aliphatic hydroxyl groups is 1. The molecule has 0 radical (unpaired) electrons. The van der Waals surface area contributed by atoms with Gasteiger partial charge in [0.1, 0.15) is 10.7 Å². The van der Waals surface area contributed by atoms with Gasteiger partial charge in [-0.15, -0.1) is 0 Å². The van der Waals surface area contributed by atoms with Gasteiger partial charge in [0, 0.05) is 23.6 Å². The van der Waals surface area contributed by atoms with Gasteiger partial charge in [0.2, 0.25) is 10.0 Å². The summed E-state index contributed by atoms with van der Waals surface area (Å²) in [7, 11) is -2.41. The average Bonchev–Trinajstić information content (AvgIpc) is 2.35. The van der Waals surface area contributed by atoms with Gasteiger partial charge in [-0.1, -0.05) is 22.4 Å². The molecule has 0 spiro atoms. The van der Waals surface area contributed by atoms with E-state index in [1.165, 1.54) is 23.5 Å². The highest BCUT2D eigenvalue weighted by Gasteiger charge is 2.30. The first-order valence-corrected chi connectivity index (χ1v) is 8.64. The van der Waals surface area contributed by atoms with E-state index in [1.54, 1.807) is 0 Å². The number of hydrogen-bond acceptors (Lipinski definition) is 3. The molecule has 0 atom stereocenters. The van der Waals surface area contributed by atoms with Crippen LogP contribution in [-0.4, -0.2) is 31.4 Å². The number of hydrogen-bond donors (Lipinski definition) is 1. The summed E-state index contributed by atoms with van der Waals surface area (Å²) in [6.07, 6.45) is 3.16. The highest BCUT2D eigenvalue weighted by molar-refractivity contribution is 9.10. The van der Waals surface area contributed by atoms with Crippen molar-refractivity contribution in [1.82, 2.24) is 4.31 Å². The molecule has 0 heterocycles. The zero-order valence-corrected chi connectivity index (χ0v) is 13.5. The number of nitrogens with zero attached hydrogens (tertiary/aromatic N) is 1. The third-order valence-corrected chi connectivity index (χ3v) is 5.96. The summed E-state index contributed by atoms with van der Waals surface area (Å²) in [5.74, 6) is -0.515. The van der Waals surface area contributed by atoms with Crippen molar-refractivity contribution in [2.24, 2.45) is 5.92 Å². The fraction of sp³-hybridized carbons (Fsp3) is 0.538. The first-order valence-electron chi connectivity index (χ1n) is 6.41. The largest absolute Gasteiger partial charge is 0.392 e. The van der Waals surface area contributed by atoms with Crippen LogP contribution in [0.2, 0.25) is 0 Å². The normalized spacial score (nSPS) is 16.4. The first-order chi connectivity index (χ1) is 9.36. The zero-order valence-electron chi connectivity index (χ0n) is 11.1. The monoisotopic (exact) mass is 365 g/mol. The maximum absolute atomic E-state index is 14.2. The molecule has 1 aliphatic carbocycles. The molecule has 20 heavy (non-hydrogen) atoms. The molecule has 1 aromatic carbocycles. The Bertz CT molecular complexity index is 602. The Morgan fingerprint density at radius 3 is 2.60 bits per heavy atom. The molecule has 2 rings (SSSR count). The van der Waals surface area contributed by atoms with Crippen molar-refractivity contribution in [2.45, 2.75) is 30.8 Å². The van der Waals surface area contributed by atoms with Gasteiger partial charge in [0.25, 0.3) is 0 Å². The molecule has 1 saturated carbocycles. The molecule has 1 N–H and O–H groups in total. The second-order valence-corrected chi connectivity index (χ2v) is 8.05. The van der Waals surface area contributed by atoms with E-state index in [-0.39, 0.29) is 5.56 Å². The highest BCUT2D eigenvalue weighted by atomic mass is 79.9. The second kappa shape index (κ2) is 6.09. The maximum Gasteiger partial charge on any atom is 0.245 e. The van der Waals surface area contributed by atoms with Gasteiger partial charge < -0.3 is 5.11 Å². The van der Waals surface area contributed by atoms with Crippen molar-refractivity contribution in [2.75, 3.05) is 13.6 Å². The zero-order chi connectivity index (χ0) is 14.9. The van der Waals surface area contributed by atoms with Crippen LogP contribution in [-0.2, 0) is 16.6 Å². The molecule has 0 aromatic heterocycles. The topological polar surface area (TPSA) is 57.6 Å². The van der Waals surface area contributed by atoms with E-state index in [9.17, 15) is 12.8 Å². The quantitative estimate of drug-likeness (QED) is 0.871. The van der Waals surface area contributed by atoms with E-state index >= 15 is 0 Å². The predicted octanol–water partition coefficient (Wildman–Crippen LogP) is 2.50. The molecule has 1 aliphatic rings. The number of halogens is 2. The van der Waals surface area contributed by atoms with Crippen LogP contribution >= 0.6 is 15.9 Å². The summed E-state index contributed by atoms with van der Waals surface area (Å²) in [6, 6.07) is 2.61. The van der Waals surface area contributed by atoms with Crippen molar-refractivity contribution < 1.29 is 17.9 Å². The highest BCUT2D eigenvalue weighted by Crippen LogP contribution is 2.30. The minimum absolute atomic E-state index is 0.0324. The van der Waals surface area contributed by atoms with Gasteiger partial charge in [0.15, 0.2) is 0 Å². The Balaban J connectivity index is 2.35. The molecular weight excluding hydrogens is 349 g/mol. The third-order valence-electron chi connectivity index (χ3n) is 3.68. The maximum atomic E-state index is 14.2. The Morgan fingerprint density at radius 1 is 1.45 bits per heavy atom. The molecule has 112 valence electrons. The molecule has 1 fully saturated rings. The van der Waals surface area contributed by atoms with E-state index < -0.39 is 27.3 Å². The lowest BCUT2D eigenvalue weighted by Gasteiger charge is -2.29. The lowest BCUT2D eigenvalue weighted by molar-refractivity contribution is 0.262. The van der Waals surface area contributed by atoms with Gasteiger partial charge in [-0.05, 0) is 30.9 Å². The van der Waals surface area contributed by atoms with Crippen molar-refractivity contribution in [3.8, 4) is 0 Å². The SMILES string of the molecule is CN(CC1CCC1)S(=O)(=O)c1cc(Br)cc(CO)c1F.